The maximum absolute atomic E-state index is 4.12. The predicted octanol–water partition coefficient (Wildman–Crippen LogP) is 9.04. The van der Waals surface area contributed by atoms with Crippen molar-refractivity contribution in [3.05, 3.63) is 90.4 Å². The van der Waals surface area contributed by atoms with Crippen LogP contribution in [-0.4, -0.2) is 9.97 Å². The molecule has 2 aromatic heterocycles. The Labute approximate surface area is 189 Å². The minimum Gasteiger partial charge on any atom is -0.361 e. The van der Waals surface area contributed by atoms with E-state index in [-0.39, 0.29) is 0 Å². The fourth-order valence-electron chi connectivity index (χ4n) is 2.97. The van der Waals surface area contributed by atoms with Crippen LogP contribution in [0.4, 0.5) is 0 Å². The number of nitrogens with zero attached hydrogens (tertiary/aromatic N) is 1. The van der Waals surface area contributed by atoms with Gasteiger partial charge in [-0.2, -0.15) is 0 Å². The summed E-state index contributed by atoms with van der Waals surface area (Å²) in [7, 11) is 0. The third-order valence-electron chi connectivity index (χ3n) is 4.23. The van der Waals surface area contributed by atoms with Gasteiger partial charge in [-0.05, 0) is 58.9 Å². The molecule has 1 N–H and O–H groups in total. The summed E-state index contributed by atoms with van der Waals surface area (Å²) < 4.78 is 0. The summed E-state index contributed by atoms with van der Waals surface area (Å²) in [5, 5.41) is 2.73. The number of hydrogen-bond donors (Lipinski definition) is 1. The lowest BCUT2D eigenvalue weighted by atomic mass is 9.96. The number of aromatic nitrogens is 2. The molecule has 31 heavy (non-hydrogen) atoms. The largest absolute Gasteiger partial charge is 0.361 e. The van der Waals surface area contributed by atoms with Crippen LogP contribution in [0.2, 0.25) is 0 Å². The van der Waals surface area contributed by atoms with Crippen molar-refractivity contribution < 1.29 is 0 Å². The molecule has 0 saturated carbocycles. The average molecular weight is 417 g/mol. The van der Waals surface area contributed by atoms with E-state index in [1.54, 1.807) is 0 Å². The zero-order valence-electron chi connectivity index (χ0n) is 20.6. The van der Waals surface area contributed by atoms with Gasteiger partial charge >= 0.3 is 0 Å². The number of fused-ring (bicyclic) bond motifs is 1. The summed E-state index contributed by atoms with van der Waals surface area (Å²) in [6.45, 7) is 17.0. The number of nitrogens with one attached hydrogen (secondary N) is 1. The van der Waals surface area contributed by atoms with Gasteiger partial charge in [-0.25, -0.2) is 0 Å². The van der Waals surface area contributed by atoms with E-state index >= 15 is 0 Å². The fourth-order valence-corrected chi connectivity index (χ4v) is 2.97. The Morgan fingerprint density at radius 1 is 0.774 bits per heavy atom. The van der Waals surface area contributed by atoms with Crippen LogP contribution >= 0.6 is 0 Å². The molecular weight excluding hydrogens is 376 g/mol. The highest BCUT2D eigenvalue weighted by Gasteiger charge is 2.02. The van der Waals surface area contributed by atoms with Crippen LogP contribution in [0.25, 0.3) is 22.0 Å². The van der Waals surface area contributed by atoms with E-state index < -0.39 is 0 Å². The first-order valence-corrected chi connectivity index (χ1v) is 11.4. The van der Waals surface area contributed by atoms with Crippen LogP contribution in [-0.2, 0) is 0 Å². The summed E-state index contributed by atoms with van der Waals surface area (Å²) >= 11 is 0. The molecule has 4 rings (SSSR count). The highest BCUT2D eigenvalue weighted by molar-refractivity contribution is 5.86. The Morgan fingerprint density at radius 3 is 2.00 bits per heavy atom. The number of rotatable bonds is 2. The molecule has 0 bridgehead atoms. The minimum absolute atomic E-state index is 0.603. The second-order valence-corrected chi connectivity index (χ2v) is 8.29. The average Bonchev–Trinajstić information content (AvgIpc) is 3.30. The van der Waals surface area contributed by atoms with E-state index in [0.29, 0.717) is 5.92 Å². The predicted molar refractivity (Wildman–Crippen MR) is 139 cm³/mol. The van der Waals surface area contributed by atoms with Gasteiger partial charge in [-0.1, -0.05) is 90.9 Å². The lowest BCUT2D eigenvalue weighted by molar-refractivity contribution is 0.737. The summed E-state index contributed by atoms with van der Waals surface area (Å²) in [5.41, 5.74) is 4.88. The second-order valence-electron chi connectivity index (χ2n) is 8.29. The Kier molecular flexibility index (Phi) is 12.0. The van der Waals surface area contributed by atoms with Crippen LogP contribution in [0.3, 0.4) is 0 Å². The zero-order valence-corrected chi connectivity index (χ0v) is 20.6. The number of aromatic amines is 1. The first kappa shape index (κ1) is 26.2. The molecule has 0 amide bonds. The van der Waals surface area contributed by atoms with E-state index in [0.717, 1.165) is 17.2 Å². The summed E-state index contributed by atoms with van der Waals surface area (Å²) in [5.74, 6) is 1.44. The Balaban J connectivity index is 0.000000249. The van der Waals surface area contributed by atoms with Crippen molar-refractivity contribution in [2.75, 3.05) is 0 Å². The molecule has 0 atom stereocenters. The van der Waals surface area contributed by atoms with Gasteiger partial charge in [0.05, 0.1) is 0 Å². The molecule has 166 valence electrons. The molecule has 0 fully saturated rings. The van der Waals surface area contributed by atoms with E-state index in [1.807, 2.05) is 51.5 Å². The summed E-state index contributed by atoms with van der Waals surface area (Å²) in [6, 6.07) is 21.2. The van der Waals surface area contributed by atoms with Crippen molar-refractivity contribution in [3.8, 4) is 11.3 Å². The maximum Gasteiger partial charge on any atom is 0.0469 e. The Bertz CT molecular complexity index is 974. The monoisotopic (exact) mass is 416 g/mol. The molecule has 2 nitrogen and oxygen atoms in total. The number of aryl methyl sites for hydroxylation is 1. The molecular formula is C29H40N2. The van der Waals surface area contributed by atoms with Gasteiger partial charge < -0.3 is 4.98 Å². The minimum atomic E-state index is 0.603. The Hall–Kier alpha value is -2.87. The smallest absolute Gasteiger partial charge is 0.0469 e. The van der Waals surface area contributed by atoms with Gasteiger partial charge in [0, 0.05) is 29.8 Å². The fraction of sp³-hybridized carbons (Fsp3) is 0.345. The second kappa shape index (κ2) is 14.2. The standard InChI is InChI=1S/C13H14.C10H10N2.C4H10.C2H6/c1-10(2)12-9-5-7-11-6-3-4-8-13(11)12;1-8-5-9(7-11-6-8)10-3-2-4-12-10;1-4(2)3;1-2/h3-10H,1-2H3;2-7,12H,1H3;4H,1-3H3;1-2H3. The molecule has 0 saturated heterocycles. The van der Waals surface area contributed by atoms with Crippen molar-refractivity contribution in [2.24, 2.45) is 5.92 Å². The van der Waals surface area contributed by atoms with Crippen LogP contribution < -0.4 is 0 Å². The molecule has 0 aliphatic heterocycles. The Morgan fingerprint density at radius 2 is 1.42 bits per heavy atom. The molecule has 2 heterocycles. The van der Waals surface area contributed by atoms with Crippen LogP contribution in [0.5, 0.6) is 0 Å². The van der Waals surface area contributed by atoms with Crippen LogP contribution in [0, 0.1) is 12.8 Å². The third-order valence-corrected chi connectivity index (χ3v) is 4.23. The van der Waals surface area contributed by atoms with E-state index in [1.165, 1.54) is 21.9 Å². The first-order chi connectivity index (χ1) is 14.9. The van der Waals surface area contributed by atoms with Gasteiger partial charge in [-0.15, -0.1) is 0 Å². The van der Waals surface area contributed by atoms with Crippen molar-refractivity contribution in [3.63, 3.8) is 0 Å². The van der Waals surface area contributed by atoms with Gasteiger partial charge in [-0.3, -0.25) is 4.98 Å². The molecule has 4 aromatic rings. The van der Waals surface area contributed by atoms with E-state index in [9.17, 15) is 0 Å². The molecule has 2 aromatic carbocycles. The normalized spacial score (nSPS) is 9.87. The number of pyridine rings is 1. The lowest BCUT2D eigenvalue weighted by Crippen LogP contribution is -1.88. The molecule has 0 radical (unpaired) electrons. The molecule has 0 aliphatic carbocycles. The SMILES string of the molecule is CC.CC(C)C.CC(C)c1cccc2ccccc12.Cc1cncc(-c2ccc[nH]2)c1. The summed E-state index contributed by atoms with van der Waals surface area (Å²) in [6.07, 6.45) is 5.63. The van der Waals surface area contributed by atoms with E-state index in [2.05, 4.69) is 93.1 Å². The molecule has 0 unspecified atom stereocenters. The third kappa shape index (κ3) is 9.21. The topological polar surface area (TPSA) is 28.7 Å². The lowest BCUT2D eigenvalue weighted by Gasteiger charge is -2.08. The van der Waals surface area contributed by atoms with Crippen LogP contribution in [0.15, 0.2) is 79.3 Å². The van der Waals surface area contributed by atoms with Gasteiger partial charge in [0.15, 0.2) is 0 Å². The molecule has 2 heteroatoms. The quantitative estimate of drug-likeness (QED) is 0.347. The maximum atomic E-state index is 4.12. The van der Waals surface area contributed by atoms with Crippen molar-refractivity contribution >= 4 is 10.8 Å². The van der Waals surface area contributed by atoms with Crippen molar-refractivity contribution in [1.82, 2.24) is 9.97 Å². The molecule has 0 aliphatic rings. The highest BCUT2D eigenvalue weighted by atomic mass is 14.7. The summed E-state index contributed by atoms with van der Waals surface area (Å²) in [4.78, 5) is 7.26. The van der Waals surface area contributed by atoms with Crippen molar-refractivity contribution in [2.45, 2.75) is 61.3 Å². The number of benzene rings is 2. The highest BCUT2D eigenvalue weighted by Crippen LogP contribution is 2.24. The van der Waals surface area contributed by atoms with Gasteiger partial charge in [0.25, 0.3) is 0 Å². The van der Waals surface area contributed by atoms with E-state index in [4.69, 9.17) is 0 Å². The van der Waals surface area contributed by atoms with Crippen LogP contribution in [0.1, 0.15) is 65.5 Å². The van der Waals surface area contributed by atoms with Gasteiger partial charge in [0.1, 0.15) is 0 Å². The van der Waals surface area contributed by atoms with Crippen molar-refractivity contribution in [1.29, 1.82) is 0 Å². The first-order valence-electron chi connectivity index (χ1n) is 11.4. The number of hydrogen-bond acceptors (Lipinski definition) is 1. The number of H-pyrrole nitrogens is 1. The zero-order chi connectivity index (χ0) is 23.2. The molecule has 0 spiro atoms. The van der Waals surface area contributed by atoms with Gasteiger partial charge in [0.2, 0.25) is 0 Å².